The molecule has 9 heteroatoms. The number of pyridine rings is 1. The molecule has 2 heterocycles. The lowest BCUT2D eigenvalue weighted by Gasteiger charge is -2.32. The molecule has 9 nitrogen and oxygen atoms in total. The number of anilines is 2. The summed E-state index contributed by atoms with van der Waals surface area (Å²) in [4.78, 5) is 32.3. The first kappa shape index (κ1) is 27.1. The van der Waals surface area contributed by atoms with Gasteiger partial charge in [0.1, 0.15) is 5.82 Å². The van der Waals surface area contributed by atoms with Gasteiger partial charge >= 0.3 is 0 Å². The molecule has 1 aliphatic heterocycles. The molecule has 3 aromatic rings. The van der Waals surface area contributed by atoms with Crippen molar-refractivity contribution in [3.05, 3.63) is 77.5 Å². The molecule has 200 valence electrons. The number of nitrogen functional groups attached to an aromatic ring is 1. The highest BCUT2D eigenvalue weighted by atomic mass is 16.2. The van der Waals surface area contributed by atoms with Gasteiger partial charge in [-0.2, -0.15) is 0 Å². The fourth-order valence-electron chi connectivity index (χ4n) is 4.64. The molecular weight excluding hydrogens is 478 g/mol. The summed E-state index contributed by atoms with van der Waals surface area (Å²) < 4.78 is 0. The van der Waals surface area contributed by atoms with E-state index in [4.69, 9.17) is 5.73 Å². The molecule has 1 aromatic heterocycles. The maximum atomic E-state index is 13.5. The molecule has 4 N–H and O–H groups in total. The fourth-order valence-corrected chi connectivity index (χ4v) is 4.64. The SMILES string of the molecule is CCNCCNC(=O)CN(CC(=O)N(C)N1Cc2ccccc2C1)c1ccc(-c2ccc(N)nc2)cc1C. The molecule has 2 aromatic carbocycles. The fraction of sp³-hybridized carbons (Fsp3) is 0.345. The molecule has 0 radical (unpaired) electrons. The molecular formula is C29H37N7O2. The number of hydrazine groups is 1. The largest absolute Gasteiger partial charge is 0.384 e. The van der Waals surface area contributed by atoms with Crippen molar-refractivity contribution in [1.29, 1.82) is 0 Å². The van der Waals surface area contributed by atoms with Crippen LogP contribution in [-0.4, -0.2) is 66.6 Å². The van der Waals surface area contributed by atoms with Gasteiger partial charge in [0.2, 0.25) is 5.91 Å². The van der Waals surface area contributed by atoms with Crippen molar-refractivity contribution < 1.29 is 9.59 Å². The van der Waals surface area contributed by atoms with Gasteiger partial charge in [-0.1, -0.05) is 37.3 Å². The summed E-state index contributed by atoms with van der Waals surface area (Å²) in [6.07, 6.45) is 1.74. The van der Waals surface area contributed by atoms with Gasteiger partial charge in [-0.25, -0.2) is 9.99 Å². The monoisotopic (exact) mass is 515 g/mol. The highest BCUT2D eigenvalue weighted by Crippen LogP contribution is 2.28. The van der Waals surface area contributed by atoms with Crippen molar-refractivity contribution in [2.45, 2.75) is 26.9 Å². The van der Waals surface area contributed by atoms with E-state index < -0.39 is 0 Å². The number of amides is 2. The topological polar surface area (TPSA) is 107 Å². The number of fused-ring (bicyclic) bond motifs is 1. The van der Waals surface area contributed by atoms with Crippen LogP contribution in [0.2, 0.25) is 0 Å². The molecule has 0 saturated carbocycles. The first-order valence-electron chi connectivity index (χ1n) is 13.0. The van der Waals surface area contributed by atoms with E-state index in [-0.39, 0.29) is 24.9 Å². The van der Waals surface area contributed by atoms with Gasteiger partial charge in [0.15, 0.2) is 0 Å². The van der Waals surface area contributed by atoms with Gasteiger partial charge in [0.25, 0.3) is 5.91 Å². The number of likely N-dealkylation sites (N-methyl/N-ethyl adjacent to an activating group) is 2. The van der Waals surface area contributed by atoms with Gasteiger partial charge in [-0.3, -0.25) is 14.6 Å². The van der Waals surface area contributed by atoms with E-state index in [1.54, 1.807) is 24.3 Å². The Morgan fingerprint density at radius 1 is 1.00 bits per heavy atom. The van der Waals surface area contributed by atoms with Crippen LogP contribution in [0.25, 0.3) is 11.1 Å². The molecule has 2 amide bonds. The maximum Gasteiger partial charge on any atom is 0.256 e. The highest BCUT2D eigenvalue weighted by Gasteiger charge is 2.27. The third-order valence-corrected chi connectivity index (χ3v) is 6.80. The second kappa shape index (κ2) is 12.5. The van der Waals surface area contributed by atoms with Gasteiger partial charge in [0, 0.05) is 50.7 Å². The average Bonchev–Trinajstić information content (AvgIpc) is 3.35. The standard InChI is InChI=1S/C29H37N7O2/c1-4-31-13-14-32-28(37)19-35(20-29(38)34(3)36-17-24-7-5-6-8-25(24)18-36)26-11-9-22(15-21(26)2)23-10-12-27(30)33-16-23/h5-12,15-16,31H,4,13-14,17-20H2,1-3H3,(H2,30,33)(H,32,37). The van der Waals surface area contributed by atoms with E-state index in [0.717, 1.165) is 28.9 Å². The lowest BCUT2D eigenvalue weighted by atomic mass is 10.0. The Bertz CT molecular complexity index is 1240. The van der Waals surface area contributed by atoms with E-state index in [1.165, 1.54) is 11.1 Å². The summed E-state index contributed by atoms with van der Waals surface area (Å²) >= 11 is 0. The van der Waals surface area contributed by atoms with Crippen LogP contribution in [0.3, 0.4) is 0 Å². The van der Waals surface area contributed by atoms with Gasteiger partial charge in [-0.15, -0.1) is 0 Å². The predicted molar refractivity (Wildman–Crippen MR) is 151 cm³/mol. The Labute approximate surface area is 224 Å². The summed E-state index contributed by atoms with van der Waals surface area (Å²) in [6, 6.07) is 17.9. The third-order valence-electron chi connectivity index (χ3n) is 6.80. The Morgan fingerprint density at radius 2 is 1.71 bits per heavy atom. The van der Waals surface area contributed by atoms with Gasteiger partial charge in [0.05, 0.1) is 13.1 Å². The zero-order chi connectivity index (χ0) is 27.1. The van der Waals surface area contributed by atoms with E-state index in [1.807, 2.05) is 60.2 Å². The van der Waals surface area contributed by atoms with E-state index >= 15 is 0 Å². The van der Waals surface area contributed by atoms with Crippen LogP contribution in [0.15, 0.2) is 60.8 Å². The van der Waals surface area contributed by atoms with Crippen molar-refractivity contribution in [1.82, 2.24) is 25.6 Å². The van der Waals surface area contributed by atoms with Crippen molar-refractivity contribution >= 4 is 23.3 Å². The van der Waals surface area contributed by atoms with E-state index in [0.29, 0.717) is 32.0 Å². The summed E-state index contributed by atoms with van der Waals surface area (Å²) in [5.74, 6) is 0.264. The summed E-state index contributed by atoms with van der Waals surface area (Å²) in [7, 11) is 1.80. The number of nitrogens with zero attached hydrogens (tertiary/aromatic N) is 4. The number of carbonyl (C=O) groups is 2. The zero-order valence-corrected chi connectivity index (χ0v) is 22.4. The predicted octanol–water partition coefficient (Wildman–Crippen LogP) is 2.56. The molecule has 0 fully saturated rings. The molecule has 0 spiro atoms. The number of carbonyl (C=O) groups excluding carboxylic acids is 2. The van der Waals surface area contributed by atoms with Crippen LogP contribution in [0, 0.1) is 6.92 Å². The summed E-state index contributed by atoms with van der Waals surface area (Å²) in [5.41, 5.74) is 11.9. The third kappa shape index (κ3) is 6.67. The Morgan fingerprint density at radius 3 is 2.34 bits per heavy atom. The Balaban J connectivity index is 1.51. The Kier molecular flexibility index (Phi) is 8.93. The quantitative estimate of drug-likeness (QED) is 0.337. The van der Waals surface area contributed by atoms with E-state index in [9.17, 15) is 9.59 Å². The lowest BCUT2D eigenvalue weighted by Crippen LogP contribution is -2.48. The Hall–Kier alpha value is -3.95. The smallest absolute Gasteiger partial charge is 0.256 e. The highest BCUT2D eigenvalue weighted by molar-refractivity contribution is 5.87. The number of rotatable bonds is 11. The first-order valence-corrected chi connectivity index (χ1v) is 13.0. The number of benzene rings is 2. The number of aryl methyl sites for hydroxylation is 1. The van der Waals surface area contributed by atoms with Crippen LogP contribution in [0.5, 0.6) is 0 Å². The molecule has 0 unspecified atom stereocenters. The van der Waals surface area contributed by atoms with E-state index in [2.05, 4.69) is 27.8 Å². The van der Waals surface area contributed by atoms with Crippen molar-refractivity contribution in [2.24, 2.45) is 0 Å². The number of aromatic nitrogens is 1. The minimum atomic E-state index is -0.127. The number of nitrogens with one attached hydrogen (secondary N) is 2. The molecule has 0 bridgehead atoms. The summed E-state index contributed by atoms with van der Waals surface area (Å²) in [6.45, 7) is 7.62. The van der Waals surface area contributed by atoms with Crippen molar-refractivity contribution in [3.63, 3.8) is 0 Å². The molecule has 4 rings (SSSR count). The van der Waals surface area contributed by atoms with Gasteiger partial charge in [-0.05, 0) is 60.0 Å². The number of hydrogen-bond acceptors (Lipinski definition) is 7. The maximum absolute atomic E-state index is 13.5. The van der Waals surface area contributed by atoms with Crippen LogP contribution in [0.4, 0.5) is 11.5 Å². The van der Waals surface area contributed by atoms with Crippen molar-refractivity contribution in [3.8, 4) is 11.1 Å². The first-order chi connectivity index (χ1) is 18.4. The minimum absolute atomic E-state index is 0.0770. The average molecular weight is 516 g/mol. The summed E-state index contributed by atoms with van der Waals surface area (Å²) in [5, 5.41) is 9.87. The minimum Gasteiger partial charge on any atom is -0.384 e. The number of nitrogens with two attached hydrogens (primary N) is 1. The molecule has 0 saturated heterocycles. The van der Waals surface area contributed by atoms with Crippen molar-refractivity contribution in [2.75, 3.05) is 50.4 Å². The zero-order valence-electron chi connectivity index (χ0n) is 22.4. The second-order valence-corrected chi connectivity index (χ2v) is 9.54. The van der Waals surface area contributed by atoms with Gasteiger partial charge < -0.3 is 21.3 Å². The van der Waals surface area contributed by atoms with Crippen LogP contribution in [0.1, 0.15) is 23.6 Å². The molecule has 1 aliphatic rings. The number of hydrogen-bond donors (Lipinski definition) is 3. The second-order valence-electron chi connectivity index (χ2n) is 9.54. The molecule has 0 aliphatic carbocycles. The normalized spacial score (nSPS) is 12.7. The molecule has 0 atom stereocenters. The van der Waals surface area contributed by atoms with Crippen LogP contribution >= 0.6 is 0 Å². The van der Waals surface area contributed by atoms with Crippen LogP contribution < -0.4 is 21.3 Å². The lowest BCUT2D eigenvalue weighted by molar-refractivity contribution is -0.145. The van der Waals surface area contributed by atoms with Crippen LogP contribution in [-0.2, 0) is 22.7 Å². The molecule has 38 heavy (non-hydrogen) atoms.